The Morgan fingerprint density at radius 2 is 1.79 bits per heavy atom. The van der Waals surface area contributed by atoms with Crippen molar-refractivity contribution >= 4 is 17.0 Å². The van der Waals surface area contributed by atoms with E-state index in [1.807, 2.05) is 10.6 Å². The SMILES string of the molecule is COC(=O)c1ccc2nc(Cc3cc(F)c(-c4cccc(OCc5ccc(C#N)cc5F)n4)cc3F)n(CC34CC(C#N)(CO3)C4)c2c1. The summed E-state index contributed by atoms with van der Waals surface area (Å²) in [4.78, 5) is 21.3. The Morgan fingerprint density at radius 1 is 0.979 bits per heavy atom. The number of methoxy groups -OCH3 is 1. The van der Waals surface area contributed by atoms with Crippen LogP contribution in [0.5, 0.6) is 5.88 Å². The highest BCUT2D eigenvalue weighted by Crippen LogP contribution is 2.58. The molecule has 0 N–H and O–H groups in total. The van der Waals surface area contributed by atoms with Gasteiger partial charge in [0.25, 0.3) is 0 Å². The van der Waals surface area contributed by atoms with Gasteiger partial charge in [0.1, 0.15) is 29.9 Å². The van der Waals surface area contributed by atoms with Gasteiger partial charge in [0.2, 0.25) is 5.88 Å². The Labute approximate surface area is 272 Å². The molecule has 5 aromatic rings. The molecular weight excluding hydrogens is 623 g/mol. The number of benzene rings is 3. The van der Waals surface area contributed by atoms with Gasteiger partial charge in [0.05, 0.1) is 71.3 Å². The first-order valence-corrected chi connectivity index (χ1v) is 15.0. The van der Waals surface area contributed by atoms with E-state index in [0.717, 1.165) is 18.2 Å². The molecule has 2 bridgehead atoms. The number of hydrogen-bond donors (Lipinski definition) is 0. The first-order valence-electron chi connectivity index (χ1n) is 15.0. The van der Waals surface area contributed by atoms with E-state index in [1.165, 1.54) is 31.4 Å². The van der Waals surface area contributed by atoms with E-state index < -0.39 is 34.4 Å². The van der Waals surface area contributed by atoms with Crippen LogP contribution in [0.15, 0.2) is 66.7 Å². The van der Waals surface area contributed by atoms with Gasteiger partial charge in [-0.15, -0.1) is 0 Å². The standard InChI is InChI=1S/C36H26F3N5O4/c1-46-34(45)22-7-8-30-31(11-22)44(19-36-16-35(17-36,18-41)20-48-36)32(42-30)12-24-10-28(39)25(13-27(24)38)29-3-2-4-33(43-29)47-15-23-6-5-21(14-40)9-26(23)37/h2-11,13H,12,15-17,19-20H2,1H3. The second-order valence-corrected chi connectivity index (χ2v) is 12.2. The minimum Gasteiger partial charge on any atom is -0.473 e. The summed E-state index contributed by atoms with van der Waals surface area (Å²) in [6.07, 6.45) is 1.02. The molecule has 240 valence electrons. The van der Waals surface area contributed by atoms with Crippen LogP contribution in [0.3, 0.4) is 0 Å². The molecule has 0 unspecified atom stereocenters. The molecule has 2 aliphatic heterocycles. The molecule has 8 rings (SSSR count). The summed E-state index contributed by atoms with van der Waals surface area (Å²) < 4.78 is 64.1. The van der Waals surface area contributed by atoms with Gasteiger partial charge in [-0.2, -0.15) is 10.5 Å². The molecule has 48 heavy (non-hydrogen) atoms. The van der Waals surface area contributed by atoms with Gasteiger partial charge < -0.3 is 18.8 Å². The molecule has 3 aromatic carbocycles. The summed E-state index contributed by atoms with van der Waals surface area (Å²) in [6.45, 7) is 0.459. The Kier molecular flexibility index (Phi) is 7.61. The van der Waals surface area contributed by atoms with Crippen molar-refractivity contribution in [1.29, 1.82) is 10.5 Å². The zero-order chi connectivity index (χ0) is 33.6. The summed E-state index contributed by atoms with van der Waals surface area (Å²) in [5, 5.41) is 18.6. The summed E-state index contributed by atoms with van der Waals surface area (Å²) in [5.41, 5.74) is 0.797. The van der Waals surface area contributed by atoms with Gasteiger partial charge in [-0.25, -0.2) is 27.9 Å². The number of carbonyl (C=O) groups excluding carboxylic acids is 1. The molecule has 9 nitrogen and oxygen atoms in total. The second kappa shape index (κ2) is 11.8. The van der Waals surface area contributed by atoms with E-state index >= 15 is 8.78 Å². The van der Waals surface area contributed by atoms with E-state index in [1.54, 1.807) is 24.3 Å². The molecule has 1 saturated carbocycles. The maximum Gasteiger partial charge on any atom is 0.337 e. The molecule has 12 heteroatoms. The van der Waals surface area contributed by atoms with Gasteiger partial charge >= 0.3 is 5.97 Å². The fraction of sp³-hybridized carbons (Fsp3) is 0.250. The first-order chi connectivity index (χ1) is 23.1. The monoisotopic (exact) mass is 649 g/mol. The lowest BCUT2D eigenvalue weighted by Crippen LogP contribution is -2.46. The molecular formula is C36H26F3N5O4. The number of rotatable bonds is 9. The van der Waals surface area contributed by atoms with Crippen molar-refractivity contribution in [2.24, 2.45) is 5.41 Å². The Morgan fingerprint density at radius 3 is 2.52 bits per heavy atom. The molecule has 0 spiro atoms. The molecule has 0 radical (unpaired) electrons. The van der Waals surface area contributed by atoms with Crippen molar-refractivity contribution in [2.75, 3.05) is 13.7 Å². The van der Waals surface area contributed by atoms with Crippen LogP contribution in [0.4, 0.5) is 13.2 Å². The minimum atomic E-state index is -0.722. The molecule has 3 fully saturated rings. The van der Waals surface area contributed by atoms with E-state index in [2.05, 4.69) is 11.1 Å². The predicted octanol–water partition coefficient (Wildman–Crippen LogP) is 6.42. The Balaban J connectivity index is 1.17. The number of imidazole rings is 1. The maximum absolute atomic E-state index is 15.7. The highest BCUT2D eigenvalue weighted by molar-refractivity contribution is 5.93. The van der Waals surface area contributed by atoms with Gasteiger partial charge in [-0.1, -0.05) is 12.1 Å². The lowest BCUT2D eigenvalue weighted by molar-refractivity contribution is -0.0206. The van der Waals surface area contributed by atoms with Gasteiger partial charge in [-0.05, 0) is 66.9 Å². The van der Waals surface area contributed by atoms with E-state index in [9.17, 15) is 14.4 Å². The minimum absolute atomic E-state index is 0.0505. The first kappa shape index (κ1) is 30.9. The molecule has 1 aliphatic carbocycles. The topological polar surface area (TPSA) is 123 Å². The normalized spacial score (nSPS) is 19.4. The zero-order valence-electron chi connectivity index (χ0n) is 25.6. The molecule has 0 atom stereocenters. The lowest BCUT2D eigenvalue weighted by Gasteiger charge is -2.40. The third-order valence-corrected chi connectivity index (χ3v) is 8.95. The van der Waals surface area contributed by atoms with Crippen LogP contribution in [0.1, 0.15) is 45.7 Å². The van der Waals surface area contributed by atoms with E-state index in [4.69, 9.17) is 24.5 Å². The van der Waals surface area contributed by atoms with Crippen molar-refractivity contribution in [2.45, 2.75) is 38.0 Å². The van der Waals surface area contributed by atoms with Crippen LogP contribution >= 0.6 is 0 Å². The van der Waals surface area contributed by atoms with E-state index in [0.29, 0.717) is 48.4 Å². The zero-order valence-corrected chi connectivity index (χ0v) is 25.6. The molecule has 0 amide bonds. The maximum atomic E-state index is 15.7. The summed E-state index contributed by atoms with van der Waals surface area (Å²) in [7, 11) is 1.29. The number of pyridine rings is 1. The third-order valence-electron chi connectivity index (χ3n) is 8.95. The number of carbonyl (C=O) groups is 1. The van der Waals surface area contributed by atoms with Crippen LogP contribution in [-0.2, 0) is 29.0 Å². The molecule has 2 saturated heterocycles. The van der Waals surface area contributed by atoms with Crippen molar-refractivity contribution in [3.05, 3.63) is 112 Å². The Hall–Kier alpha value is -5.72. The lowest BCUT2D eigenvalue weighted by atomic mass is 9.63. The van der Waals surface area contributed by atoms with Crippen LogP contribution in [0.2, 0.25) is 0 Å². The molecule has 4 heterocycles. The highest BCUT2D eigenvalue weighted by Gasteiger charge is 2.63. The van der Waals surface area contributed by atoms with Crippen molar-refractivity contribution < 1.29 is 32.2 Å². The summed E-state index contributed by atoms with van der Waals surface area (Å²) in [6, 6.07) is 19.9. The van der Waals surface area contributed by atoms with Crippen molar-refractivity contribution in [3.63, 3.8) is 0 Å². The number of nitrogens with zero attached hydrogens (tertiary/aromatic N) is 5. The van der Waals surface area contributed by atoms with Gasteiger partial charge in [0, 0.05) is 23.6 Å². The smallest absolute Gasteiger partial charge is 0.337 e. The average Bonchev–Trinajstić information content (AvgIpc) is 3.75. The number of hydrogen-bond acceptors (Lipinski definition) is 8. The van der Waals surface area contributed by atoms with Crippen LogP contribution < -0.4 is 4.74 Å². The van der Waals surface area contributed by atoms with Crippen molar-refractivity contribution in [1.82, 2.24) is 14.5 Å². The fourth-order valence-corrected chi connectivity index (χ4v) is 6.58. The van der Waals surface area contributed by atoms with Crippen LogP contribution in [0.25, 0.3) is 22.3 Å². The number of ether oxygens (including phenoxy) is 3. The predicted molar refractivity (Wildman–Crippen MR) is 165 cm³/mol. The largest absolute Gasteiger partial charge is 0.473 e. The number of fused-ring (bicyclic) bond motifs is 2. The average molecular weight is 650 g/mol. The number of nitriles is 2. The quantitative estimate of drug-likeness (QED) is 0.168. The number of halogens is 3. The Bertz CT molecular complexity index is 2200. The van der Waals surface area contributed by atoms with Crippen LogP contribution in [-0.4, -0.2) is 39.8 Å². The highest BCUT2D eigenvalue weighted by atomic mass is 19.1. The van der Waals surface area contributed by atoms with Crippen LogP contribution in [0, 0.1) is 45.5 Å². The van der Waals surface area contributed by atoms with Gasteiger partial charge in [-0.3, -0.25) is 0 Å². The molecule has 3 aliphatic rings. The fourth-order valence-electron chi connectivity index (χ4n) is 6.58. The summed E-state index contributed by atoms with van der Waals surface area (Å²) in [5.74, 6) is -2.03. The summed E-state index contributed by atoms with van der Waals surface area (Å²) >= 11 is 0. The number of aromatic nitrogens is 3. The molecule has 2 aromatic heterocycles. The van der Waals surface area contributed by atoms with Crippen molar-refractivity contribution in [3.8, 4) is 29.3 Å². The van der Waals surface area contributed by atoms with E-state index in [-0.39, 0.29) is 46.9 Å². The third kappa shape index (κ3) is 5.50. The second-order valence-electron chi connectivity index (χ2n) is 12.2. The number of esters is 1. The van der Waals surface area contributed by atoms with Gasteiger partial charge in [0.15, 0.2) is 0 Å².